The number of carbonyl (C=O) groups excluding carboxylic acids is 1. The number of benzene rings is 3. The molecule has 35 heavy (non-hydrogen) atoms. The molecule has 1 aliphatic rings. The second kappa shape index (κ2) is 9.89. The molecular formula is C29H25NO5. The van der Waals surface area contributed by atoms with Crippen LogP contribution in [0.1, 0.15) is 33.6 Å². The van der Waals surface area contributed by atoms with Gasteiger partial charge in [-0.15, -0.1) is 0 Å². The largest absolute Gasteiger partial charge is 0.508 e. The standard InChI is InChI=1S/C29H25NO5/c1-33-22-11-13-23(14-12-22)34-16-17-35-29(32)27-24-4-2-3-5-26(24)30-28-20(8-15-25(27)28)18-19-6-9-21(31)10-7-19/h2-7,9-14,18,31H,8,15-17H2,1H3. The second-order valence-electron chi connectivity index (χ2n) is 8.25. The van der Waals surface area contributed by atoms with Crippen LogP contribution in [0.4, 0.5) is 0 Å². The number of aromatic nitrogens is 1. The van der Waals surface area contributed by atoms with E-state index in [1.807, 2.05) is 60.7 Å². The van der Waals surface area contributed by atoms with Gasteiger partial charge in [0.05, 0.1) is 23.9 Å². The first-order valence-electron chi connectivity index (χ1n) is 11.5. The van der Waals surface area contributed by atoms with Crippen LogP contribution in [0.5, 0.6) is 17.2 Å². The number of ether oxygens (including phenoxy) is 3. The number of allylic oxidation sites excluding steroid dienone is 1. The Morgan fingerprint density at radius 1 is 0.943 bits per heavy atom. The topological polar surface area (TPSA) is 77.9 Å². The first-order chi connectivity index (χ1) is 17.1. The number of methoxy groups -OCH3 is 1. The van der Waals surface area contributed by atoms with Gasteiger partial charge in [0.1, 0.15) is 30.5 Å². The van der Waals surface area contributed by atoms with Gasteiger partial charge in [-0.2, -0.15) is 0 Å². The van der Waals surface area contributed by atoms with Gasteiger partial charge in [0, 0.05) is 5.39 Å². The van der Waals surface area contributed by atoms with Crippen molar-refractivity contribution in [2.24, 2.45) is 0 Å². The van der Waals surface area contributed by atoms with Crippen LogP contribution in [0.25, 0.3) is 22.6 Å². The molecule has 1 aliphatic carbocycles. The molecule has 0 bridgehead atoms. The Kier molecular flexibility index (Phi) is 6.35. The third-order valence-corrected chi connectivity index (χ3v) is 6.02. The Labute approximate surface area is 203 Å². The summed E-state index contributed by atoms with van der Waals surface area (Å²) in [5.74, 6) is 1.29. The maximum atomic E-state index is 13.2. The van der Waals surface area contributed by atoms with Crippen LogP contribution in [0, 0.1) is 0 Å². The summed E-state index contributed by atoms with van der Waals surface area (Å²) in [6.07, 6.45) is 3.55. The average Bonchev–Trinajstić information content (AvgIpc) is 3.28. The minimum Gasteiger partial charge on any atom is -0.508 e. The lowest BCUT2D eigenvalue weighted by Crippen LogP contribution is -2.15. The molecule has 5 rings (SSSR count). The molecule has 176 valence electrons. The lowest BCUT2D eigenvalue weighted by atomic mass is 10.0. The first-order valence-corrected chi connectivity index (χ1v) is 11.5. The summed E-state index contributed by atoms with van der Waals surface area (Å²) in [6, 6.07) is 21.9. The van der Waals surface area contributed by atoms with E-state index in [-0.39, 0.29) is 24.9 Å². The van der Waals surface area contributed by atoms with Gasteiger partial charge in [-0.1, -0.05) is 30.3 Å². The highest BCUT2D eigenvalue weighted by Gasteiger charge is 2.27. The van der Waals surface area contributed by atoms with E-state index in [0.29, 0.717) is 17.7 Å². The highest BCUT2D eigenvalue weighted by Crippen LogP contribution is 2.38. The number of esters is 1. The van der Waals surface area contributed by atoms with Gasteiger partial charge in [-0.05, 0) is 78.1 Å². The van der Waals surface area contributed by atoms with Crippen molar-refractivity contribution in [3.05, 3.63) is 95.2 Å². The van der Waals surface area contributed by atoms with Gasteiger partial charge in [-0.25, -0.2) is 9.78 Å². The van der Waals surface area contributed by atoms with E-state index < -0.39 is 0 Å². The van der Waals surface area contributed by atoms with Crippen molar-refractivity contribution in [3.63, 3.8) is 0 Å². The summed E-state index contributed by atoms with van der Waals surface area (Å²) in [4.78, 5) is 18.1. The highest BCUT2D eigenvalue weighted by atomic mass is 16.6. The molecule has 3 aromatic carbocycles. The Morgan fingerprint density at radius 3 is 2.46 bits per heavy atom. The van der Waals surface area contributed by atoms with Gasteiger partial charge in [0.2, 0.25) is 0 Å². The second-order valence-corrected chi connectivity index (χ2v) is 8.25. The predicted molar refractivity (Wildman–Crippen MR) is 135 cm³/mol. The summed E-state index contributed by atoms with van der Waals surface area (Å²) < 4.78 is 16.5. The zero-order valence-corrected chi connectivity index (χ0v) is 19.4. The summed E-state index contributed by atoms with van der Waals surface area (Å²) in [5, 5.41) is 10.4. The molecule has 6 nitrogen and oxygen atoms in total. The molecule has 1 aromatic heterocycles. The number of aromatic hydroxyl groups is 1. The first kappa shape index (κ1) is 22.5. The van der Waals surface area contributed by atoms with Crippen LogP contribution in [-0.2, 0) is 11.2 Å². The van der Waals surface area contributed by atoms with Gasteiger partial charge in [0.25, 0.3) is 0 Å². The number of pyridine rings is 1. The number of hydrogen-bond acceptors (Lipinski definition) is 6. The fourth-order valence-electron chi connectivity index (χ4n) is 4.32. The van der Waals surface area contributed by atoms with E-state index in [1.54, 1.807) is 19.2 Å². The molecule has 0 saturated carbocycles. The Bertz CT molecular complexity index is 1390. The number of fused-ring (bicyclic) bond motifs is 2. The third kappa shape index (κ3) is 4.82. The molecule has 0 saturated heterocycles. The maximum Gasteiger partial charge on any atom is 0.339 e. The lowest BCUT2D eigenvalue weighted by molar-refractivity contribution is 0.0451. The SMILES string of the molecule is COc1ccc(OCCOC(=O)c2c3c(nc4ccccc24)C(=Cc2ccc(O)cc2)CC3)cc1. The van der Waals surface area contributed by atoms with Gasteiger partial charge < -0.3 is 19.3 Å². The number of para-hydroxylation sites is 1. The van der Waals surface area contributed by atoms with Gasteiger partial charge in [0.15, 0.2) is 0 Å². The molecule has 6 heteroatoms. The molecule has 1 N–H and O–H groups in total. The Morgan fingerprint density at radius 2 is 1.69 bits per heavy atom. The molecule has 0 amide bonds. The number of carbonyl (C=O) groups is 1. The molecule has 0 fully saturated rings. The number of hydrogen-bond donors (Lipinski definition) is 1. The highest BCUT2D eigenvalue weighted by molar-refractivity contribution is 6.07. The number of phenolic OH excluding ortho intramolecular Hbond substituents is 1. The molecular weight excluding hydrogens is 442 g/mol. The van der Waals surface area contributed by atoms with E-state index in [2.05, 4.69) is 6.08 Å². The van der Waals surface area contributed by atoms with Crippen molar-refractivity contribution in [1.82, 2.24) is 4.98 Å². The molecule has 1 heterocycles. The van der Waals surface area contributed by atoms with Crippen molar-refractivity contribution in [2.75, 3.05) is 20.3 Å². The zero-order valence-electron chi connectivity index (χ0n) is 19.4. The zero-order chi connectivity index (χ0) is 24.2. The summed E-state index contributed by atoms with van der Waals surface area (Å²) in [6.45, 7) is 0.377. The van der Waals surface area contributed by atoms with Gasteiger partial charge in [-0.3, -0.25) is 0 Å². The normalized spacial score (nSPS) is 13.6. The monoisotopic (exact) mass is 467 g/mol. The average molecular weight is 468 g/mol. The summed E-state index contributed by atoms with van der Waals surface area (Å²) in [7, 11) is 1.61. The minimum atomic E-state index is -0.371. The molecule has 0 unspecified atom stereocenters. The van der Waals surface area contributed by atoms with E-state index in [1.165, 1.54) is 0 Å². The fraction of sp³-hybridized carbons (Fsp3) is 0.172. The Hall–Kier alpha value is -4.32. The summed E-state index contributed by atoms with van der Waals surface area (Å²) >= 11 is 0. The molecule has 0 aliphatic heterocycles. The van der Waals surface area contributed by atoms with Crippen molar-refractivity contribution < 1.29 is 24.1 Å². The van der Waals surface area contributed by atoms with Crippen LogP contribution in [0.3, 0.4) is 0 Å². The summed E-state index contributed by atoms with van der Waals surface area (Å²) in [5.41, 5.74) is 5.11. The minimum absolute atomic E-state index is 0.131. The predicted octanol–water partition coefficient (Wildman–Crippen LogP) is 5.67. The van der Waals surface area contributed by atoms with E-state index in [0.717, 1.165) is 45.5 Å². The molecule has 0 radical (unpaired) electrons. The van der Waals surface area contributed by atoms with E-state index in [4.69, 9.17) is 19.2 Å². The van der Waals surface area contributed by atoms with Crippen molar-refractivity contribution in [2.45, 2.75) is 12.8 Å². The number of rotatable bonds is 7. The number of phenols is 1. The molecule has 0 atom stereocenters. The quantitative estimate of drug-likeness (QED) is 0.279. The van der Waals surface area contributed by atoms with Crippen LogP contribution in [0.2, 0.25) is 0 Å². The van der Waals surface area contributed by atoms with Crippen LogP contribution < -0.4 is 9.47 Å². The smallest absolute Gasteiger partial charge is 0.339 e. The van der Waals surface area contributed by atoms with Crippen LogP contribution in [-0.4, -0.2) is 36.4 Å². The lowest BCUT2D eigenvalue weighted by Gasteiger charge is -2.13. The third-order valence-electron chi connectivity index (χ3n) is 6.02. The van der Waals surface area contributed by atoms with Crippen LogP contribution >= 0.6 is 0 Å². The molecule has 0 spiro atoms. The van der Waals surface area contributed by atoms with Crippen molar-refractivity contribution in [1.29, 1.82) is 0 Å². The molecule has 4 aromatic rings. The van der Waals surface area contributed by atoms with Crippen LogP contribution in [0.15, 0.2) is 72.8 Å². The number of nitrogens with zero attached hydrogens (tertiary/aromatic N) is 1. The van der Waals surface area contributed by atoms with E-state index in [9.17, 15) is 9.90 Å². The van der Waals surface area contributed by atoms with E-state index >= 15 is 0 Å². The van der Waals surface area contributed by atoms with Gasteiger partial charge >= 0.3 is 5.97 Å². The van der Waals surface area contributed by atoms with Crippen molar-refractivity contribution >= 4 is 28.5 Å². The Balaban J connectivity index is 1.37. The van der Waals surface area contributed by atoms with Crippen molar-refractivity contribution in [3.8, 4) is 17.2 Å². The maximum absolute atomic E-state index is 13.2. The fourth-order valence-corrected chi connectivity index (χ4v) is 4.32.